The minimum absolute atomic E-state index is 0.158. The van der Waals surface area contributed by atoms with Crippen molar-refractivity contribution in [3.8, 4) is 11.6 Å². The third-order valence-corrected chi connectivity index (χ3v) is 3.04. The van der Waals surface area contributed by atoms with E-state index < -0.39 is 4.92 Å². The molecule has 0 unspecified atom stereocenters. The summed E-state index contributed by atoms with van der Waals surface area (Å²) in [6.45, 7) is 0. The maximum Gasteiger partial charge on any atom is 0.311 e. The van der Waals surface area contributed by atoms with Crippen LogP contribution in [0.1, 0.15) is 0 Å². The van der Waals surface area contributed by atoms with Gasteiger partial charge in [-0.25, -0.2) is 0 Å². The van der Waals surface area contributed by atoms with Crippen LogP contribution in [0, 0.1) is 10.1 Å². The van der Waals surface area contributed by atoms with Gasteiger partial charge in [-0.1, -0.05) is 11.6 Å². The summed E-state index contributed by atoms with van der Waals surface area (Å²) >= 11 is 9.09. The van der Waals surface area contributed by atoms with Gasteiger partial charge in [0.15, 0.2) is 0 Å². The van der Waals surface area contributed by atoms with E-state index in [2.05, 4.69) is 20.9 Å². The maximum atomic E-state index is 10.6. The predicted molar refractivity (Wildman–Crippen MR) is 74.5 cm³/mol. The number of rotatable bonds is 3. The van der Waals surface area contributed by atoms with Crippen LogP contribution in [0.25, 0.3) is 0 Å². The lowest BCUT2D eigenvalue weighted by Crippen LogP contribution is -1.99. The van der Waals surface area contributed by atoms with Gasteiger partial charge in [0.25, 0.3) is 0 Å². The van der Waals surface area contributed by atoms with E-state index in [-0.39, 0.29) is 17.4 Å². The third-order valence-electron chi connectivity index (χ3n) is 2.18. The molecular weight excluding hydrogens is 337 g/mol. The van der Waals surface area contributed by atoms with Crippen LogP contribution in [0.3, 0.4) is 0 Å². The molecule has 2 aromatic rings. The lowest BCUT2D eigenvalue weighted by Gasteiger charge is -2.07. The summed E-state index contributed by atoms with van der Waals surface area (Å²) in [5.41, 5.74) is 5.21. The zero-order valence-corrected chi connectivity index (χ0v) is 11.7. The highest BCUT2D eigenvalue weighted by Gasteiger charge is 2.14. The van der Waals surface area contributed by atoms with Gasteiger partial charge < -0.3 is 10.5 Å². The molecule has 0 aliphatic rings. The van der Waals surface area contributed by atoms with Gasteiger partial charge in [-0.15, -0.1) is 0 Å². The summed E-state index contributed by atoms with van der Waals surface area (Å²) in [5, 5.41) is 11.2. The maximum absolute atomic E-state index is 10.6. The summed E-state index contributed by atoms with van der Waals surface area (Å²) in [7, 11) is 0. The van der Waals surface area contributed by atoms with Gasteiger partial charge >= 0.3 is 5.69 Å². The Bertz CT molecular complexity index is 651. The topological polar surface area (TPSA) is 91.3 Å². The Balaban J connectivity index is 2.29. The first-order valence-electron chi connectivity index (χ1n) is 5.01. The fourth-order valence-electron chi connectivity index (χ4n) is 1.33. The highest BCUT2D eigenvalue weighted by molar-refractivity contribution is 9.10. The molecule has 2 rings (SSSR count). The number of nitro groups is 1. The van der Waals surface area contributed by atoms with Crippen molar-refractivity contribution in [2.75, 3.05) is 5.73 Å². The molecule has 8 heteroatoms. The fraction of sp³-hybridized carbons (Fsp3) is 0. The standard InChI is InChI=1S/C11H7BrClN3O3/c12-7-5-6(13)1-3-9(7)19-10-4-2-8(16(17)18)11(14)15-10/h1-5H,(H2,14,15). The Morgan fingerprint density at radius 1 is 1.37 bits per heavy atom. The number of anilines is 1. The van der Waals surface area contributed by atoms with E-state index in [1.807, 2.05) is 0 Å². The number of aromatic nitrogens is 1. The van der Waals surface area contributed by atoms with Crippen molar-refractivity contribution >= 4 is 39.0 Å². The second-order valence-corrected chi connectivity index (χ2v) is 4.78. The van der Waals surface area contributed by atoms with Gasteiger partial charge in [0.1, 0.15) is 5.75 Å². The Morgan fingerprint density at radius 3 is 2.68 bits per heavy atom. The summed E-state index contributed by atoms with van der Waals surface area (Å²) < 4.78 is 6.10. The minimum atomic E-state index is -0.607. The number of ether oxygens (including phenoxy) is 1. The summed E-state index contributed by atoms with van der Waals surface area (Å²) in [6, 6.07) is 7.56. The van der Waals surface area contributed by atoms with Crippen molar-refractivity contribution in [1.82, 2.24) is 4.98 Å². The number of halogens is 2. The molecule has 6 nitrogen and oxygen atoms in total. The molecule has 0 aliphatic carbocycles. The number of nitrogen functional groups attached to an aromatic ring is 1. The molecule has 0 fully saturated rings. The van der Waals surface area contributed by atoms with Crippen LogP contribution in [0.2, 0.25) is 5.02 Å². The lowest BCUT2D eigenvalue weighted by molar-refractivity contribution is -0.384. The number of hydrogen-bond acceptors (Lipinski definition) is 5. The molecule has 0 saturated heterocycles. The molecule has 98 valence electrons. The van der Waals surface area contributed by atoms with Gasteiger partial charge in [-0.3, -0.25) is 10.1 Å². The second kappa shape index (κ2) is 5.41. The normalized spacial score (nSPS) is 10.2. The van der Waals surface area contributed by atoms with Crippen LogP contribution < -0.4 is 10.5 Å². The number of nitrogens with zero attached hydrogens (tertiary/aromatic N) is 2. The number of nitrogens with two attached hydrogens (primary N) is 1. The lowest BCUT2D eigenvalue weighted by atomic mass is 10.3. The molecule has 1 aromatic carbocycles. The molecule has 1 aromatic heterocycles. The van der Waals surface area contributed by atoms with E-state index in [4.69, 9.17) is 22.1 Å². The van der Waals surface area contributed by atoms with Crippen molar-refractivity contribution in [3.63, 3.8) is 0 Å². The Hall–Kier alpha value is -1.86. The molecule has 0 bridgehead atoms. The van der Waals surface area contributed by atoms with E-state index in [0.717, 1.165) is 0 Å². The van der Waals surface area contributed by atoms with E-state index in [1.165, 1.54) is 12.1 Å². The molecule has 0 atom stereocenters. The van der Waals surface area contributed by atoms with Gasteiger partial charge in [0, 0.05) is 17.2 Å². The zero-order valence-electron chi connectivity index (χ0n) is 9.34. The average Bonchev–Trinajstić information content (AvgIpc) is 2.32. The van der Waals surface area contributed by atoms with Gasteiger partial charge in [-0.2, -0.15) is 4.98 Å². The second-order valence-electron chi connectivity index (χ2n) is 3.49. The van der Waals surface area contributed by atoms with Crippen LogP contribution in [0.15, 0.2) is 34.8 Å². The molecule has 0 aliphatic heterocycles. The van der Waals surface area contributed by atoms with Crippen molar-refractivity contribution in [1.29, 1.82) is 0 Å². The summed E-state index contributed by atoms with van der Waals surface area (Å²) in [4.78, 5) is 13.8. The molecule has 0 radical (unpaired) electrons. The van der Waals surface area contributed by atoms with Crippen LogP contribution in [0.4, 0.5) is 11.5 Å². The minimum Gasteiger partial charge on any atom is -0.438 e. The quantitative estimate of drug-likeness (QED) is 0.676. The Morgan fingerprint density at radius 2 is 2.11 bits per heavy atom. The first kappa shape index (κ1) is 13.6. The smallest absolute Gasteiger partial charge is 0.311 e. The molecule has 19 heavy (non-hydrogen) atoms. The van der Waals surface area contributed by atoms with Gasteiger partial charge in [0.2, 0.25) is 11.7 Å². The van der Waals surface area contributed by atoms with E-state index in [0.29, 0.717) is 15.2 Å². The van der Waals surface area contributed by atoms with E-state index in [9.17, 15) is 10.1 Å². The fourth-order valence-corrected chi connectivity index (χ4v) is 2.09. The largest absolute Gasteiger partial charge is 0.438 e. The summed E-state index contributed by atoms with van der Waals surface area (Å²) in [5.74, 6) is 0.434. The van der Waals surface area contributed by atoms with Gasteiger partial charge in [0.05, 0.1) is 9.40 Å². The SMILES string of the molecule is Nc1nc(Oc2ccc(Cl)cc2Br)ccc1[N+](=O)[O-]. The van der Waals surface area contributed by atoms with Crippen LogP contribution >= 0.6 is 27.5 Å². The first-order valence-corrected chi connectivity index (χ1v) is 6.18. The van der Waals surface area contributed by atoms with Crippen LogP contribution in [-0.4, -0.2) is 9.91 Å². The van der Waals surface area contributed by atoms with Crippen molar-refractivity contribution in [2.24, 2.45) is 0 Å². The number of pyridine rings is 1. The molecule has 0 amide bonds. The molecule has 2 N–H and O–H groups in total. The Kier molecular flexibility index (Phi) is 3.87. The predicted octanol–water partition coefficient (Wildman–Crippen LogP) is 3.78. The van der Waals surface area contributed by atoms with Crippen LogP contribution in [-0.2, 0) is 0 Å². The van der Waals surface area contributed by atoms with Gasteiger partial charge in [-0.05, 0) is 34.1 Å². The molecular formula is C11H7BrClN3O3. The van der Waals surface area contributed by atoms with E-state index >= 15 is 0 Å². The van der Waals surface area contributed by atoms with Crippen molar-refractivity contribution in [3.05, 3.63) is 49.9 Å². The average molecular weight is 345 g/mol. The first-order chi connectivity index (χ1) is 8.97. The van der Waals surface area contributed by atoms with Crippen molar-refractivity contribution < 1.29 is 9.66 Å². The van der Waals surface area contributed by atoms with Crippen molar-refractivity contribution in [2.45, 2.75) is 0 Å². The number of benzene rings is 1. The van der Waals surface area contributed by atoms with E-state index in [1.54, 1.807) is 18.2 Å². The Labute approximate surface area is 121 Å². The number of hydrogen-bond donors (Lipinski definition) is 1. The monoisotopic (exact) mass is 343 g/mol. The molecule has 0 saturated carbocycles. The van der Waals surface area contributed by atoms with Crippen LogP contribution in [0.5, 0.6) is 11.6 Å². The summed E-state index contributed by atoms with van der Waals surface area (Å²) in [6.07, 6.45) is 0. The molecule has 0 spiro atoms. The zero-order chi connectivity index (χ0) is 14.0. The highest BCUT2D eigenvalue weighted by Crippen LogP contribution is 2.32. The highest BCUT2D eigenvalue weighted by atomic mass is 79.9. The molecule has 1 heterocycles. The third kappa shape index (κ3) is 3.12.